The maximum Gasteiger partial charge on any atom is 0.251 e. The standard InChI is InChI=1S/C24H23N5O/c1-16-7-3-12-20(25-16)21-13-5-10-18(27-21)8-4-9-19-11-6-14-22(28-19)24-26-17(2)15-23(30)29-24/h3,5-7,10-15H,4,8-9H2,1-2H3,(H,26,29,30). The average molecular weight is 397 g/mol. The smallest absolute Gasteiger partial charge is 0.251 e. The zero-order valence-electron chi connectivity index (χ0n) is 17.1. The summed E-state index contributed by atoms with van der Waals surface area (Å²) in [5, 5.41) is 0. The van der Waals surface area contributed by atoms with Gasteiger partial charge in [-0.3, -0.25) is 14.8 Å². The lowest BCUT2D eigenvalue weighted by molar-refractivity contribution is 0.782. The van der Waals surface area contributed by atoms with E-state index >= 15 is 0 Å². The molecular formula is C24H23N5O. The molecule has 0 spiro atoms. The highest BCUT2D eigenvalue weighted by Crippen LogP contribution is 2.17. The minimum absolute atomic E-state index is 0.168. The zero-order chi connectivity index (χ0) is 20.9. The first-order valence-electron chi connectivity index (χ1n) is 10.0. The van der Waals surface area contributed by atoms with E-state index in [1.165, 1.54) is 6.07 Å². The largest absolute Gasteiger partial charge is 0.305 e. The van der Waals surface area contributed by atoms with Gasteiger partial charge < -0.3 is 4.98 Å². The Hall–Kier alpha value is -3.67. The van der Waals surface area contributed by atoms with Crippen molar-refractivity contribution < 1.29 is 0 Å². The molecule has 0 saturated carbocycles. The van der Waals surface area contributed by atoms with Crippen LogP contribution in [0.5, 0.6) is 0 Å². The summed E-state index contributed by atoms with van der Waals surface area (Å²) in [6.45, 7) is 3.78. The lowest BCUT2D eigenvalue weighted by Gasteiger charge is -2.06. The molecule has 0 unspecified atom stereocenters. The molecule has 0 bridgehead atoms. The van der Waals surface area contributed by atoms with Crippen molar-refractivity contribution in [2.24, 2.45) is 0 Å². The third-order valence-electron chi connectivity index (χ3n) is 4.74. The van der Waals surface area contributed by atoms with E-state index in [4.69, 9.17) is 4.98 Å². The summed E-state index contributed by atoms with van der Waals surface area (Å²) in [4.78, 5) is 32.8. The lowest BCUT2D eigenvalue weighted by Crippen LogP contribution is -2.09. The number of pyridine rings is 3. The molecule has 0 aromatic carbocycles. The molecule has 0 aliphatic rings. The normalized spacial score (nSPS) is 10.9. The van der Waals surface area contributed by atoms with Crippen molar-refractivity contribution >= 4 is 0 Å². The Morgan fingerprint density at radius 3 is 1.97 bits per heavy atom. The lowest BCUT2D eigenvalue weighted by atomic mass is 10.1. The summed E-state index contributed by atoms with van der Waals surface area (Å²) >= 11 is 0. The minimum atomic E-state index is -0.168. The summed E-state index contributed by atoms with van der Waals surface area (Å²) in [6, 6.07) is 19.3. The highest BCUT2D eigenvalue weighted by molar-refractivity contribution is 5.54. The first-order chi connectivity index (χ1) is 14.6. The second kappa shape index (κ2) is 8.78. The monoisotopic (exact) mass is 397 g/mol. The molecule has 30 heavy (non-hydrogen) atoms. The van der Waals surface area contributed by atoms with Gasteiger partial charge in [0, 0.05) is 28.8 Å². The van der Waals surface area contributed by atoms with E-state index < -0.39 is 0 Å². The van der Waals surface area contributed by atoms with Crippen molar-refractivity contribution in [1.29, 1.82) is 0 Å². The number of hydrogen-bond acceptors (Lipinski definition) is 5. The van der Waals surface area contributed by atoms with Gasteiger partial charge in [0.2, 0.25) is 0 Å². The van der Waals surface area contributed by atoms with E-state index in [1.807, 2.05) is 61.5 Å². The van der Waals surface area contributed by atoms with Crippen LogP contribution in [0.4, 0.5) is 0 Å². The van der Waals surface area contributed by atoms with Crippen molar-refractivity contribution in [1.82, 2.24) is 24.9 Å². The third kappa shape index (κ3) is 4.84. The fourth-order valence-corrected chi connectivity index (χ4v) is 3.35. The van der Waals surface area contributed by atoms with Crippen LogP contribution in [0.2, 0.25) is 0 Å². The molecule has 4 aromatic heterocycles. The fraction of sp³-hybridized carbons (Fsp3) is 0.208. The zero-order valence-corrected chi connectivity index (χ0v) is 17.1. The highest BCUT2D eigenvalue weighted by atomic mass is 16.1. The molecule has 4 aromatic rings. The number of aromatic nitrogens is 5. The van der Waals surface area contributed by atoms with Crippen LogP contribution in [0, 0.1) is 13.8 Å². The van der Waals surface area contributed by atoms with E-state index in [0.29, 0.717) is 17.2 Å². The van der Waals surface area contributed by atoms with Crippen LogP contribution in [-0.4, -0.2) is 24.9 Å². The van der Waals surface area contributed by atoms with E-state index in [2.05, 4.69) is 19.9 Å². The van der Waals surface area contributed by atoms with Crippen LogP contribution in [0.15, 0.2) is 65.5 Å². The Morgan fingerprint density at radius 2 is 1.30 bits per heavy atom. The molecule has 4 rings (SSSR count). The number of aromatic amines is 1. The van der Waals surface area contributed by atoms with Crippen LogP contribution < -0.4 is 5.56 Å². The van der Waals surface area contributed by atoms with E-state index in [1.54, 1.807) is 6.92 Å². The maximum absolute atomic E-state index is 11.7. The number of rotatable bonds is 6. The summed E-state index contributed by atoms with van der Waals surface area (Å²) in [5.41, 5.74) is 5.96. The molecule has 4 heterocycles. The number of H-pyrrole nitrogens is 1. The molecule has 0 aliphatic carbocycles. The highest BCUT2D eigenvalue weighted by Gasteiger charge is 2.07. The van der Waals surface area contributed by atoms with Crippen LogP contribution in [0.3, 0.4) is 0 Å². The summed E-state index contributed by atoms with van der Waals surface area (Å²) in [7, 11) is 0. The topological polar surface area (TPSA) is 84.4 Å². The first kappa shape index (κ1) is 19.6. The molecule has 0 amide bonds. The predicted molar refractivity (Wildman–Crippen MR) is 117 cm³/mol. The summed E-state index contributed by atoms with van der Waals surface area (Å²) < 4.78 is 0. The fourth-order valence-electron chi connectivity index (χ4n) is 3.35. The van der Waals surface area contributed by atoms with E-state index in [0.717, 1.165) is 47.7 Å². The molecule has 1 N–H and O–H groups in total. The first-order valence-corrected chi connectivity index (χ1v) is 10.0. The van der Waals surface area contributed by atoms with Gasteiger partial charge in [-0.2, -0.15) is 0 Å². The number of hydrogen-bond donors (Lipinski definition) is 1. The van der Waals surface area contributed by atoms with Crippen LogP contribution in [0.25, 0.3) is 22.9 Å². The Kier molecular flexibility index (Phi) is 5.75. The third-order valence-corrected chi connectivity index (χ3v) is 4.74. The Balaban J connectivity index is 1.44. The van der Waals surface area contributed by atoms with Crippen LogP contribution >= 0.6 is 0 Å². The molecular weight excluding hydrogens is 374 g/mol. The van der Waals surface area contributed by atoms with Crippen molar-refractivity contribution in [2.45, 2.75) is 33.1 Å². The molecule has 0 fully saturated rings. The second-order valence-corrected chi connectivity index (χ2v) is 7.28. The van der Waals surface area contributed by atoms with Crippen molar-refractivity contribution in [3.05, 3.63) is 93.8 Å². The van der Waals surface area contributed by atoms with Gasteiger partial charge in [0.05, 0.1) is 11.4 Å². The predicted octanol–water partition coefficient (Wildman–Crippen LogP) is 4.08. The van der Waals surface area contributed by atoms with Gasteiger partial charge in [-0.15, -0.1) is 0 Å². The van der Waals surface area contributed by atoms with Gasteiger partial charge in [0.1, 0.15) is 5.69 Å². The van der Waals surface area contributed by atoms with Crippen LogP contribution in [-0.2, 0) is 12.8 Å². The van der Waals surface area contributed by atoms with Crippen molar-refractivity contribution in [2.75, 3.05) is 0 Å². The Morgan fingerprint density at radius 1 is 0.700 bits per heavy atom. The Bertz CT molecular complexity index is 1230. The minimum Gasteiger partial charge on any atom is -0.305 e. The number of nitrogens with one attached hydrogen (secondary N) is 1. The van der Waals surface area contributed by atoms with Gasteiger partial charge in [-0.1, -0.05) is 18.2 Å². The molecule has 0 saturated heterocycles. The van der Waals surface area contributed by atoms with Gasteiger partial charge in [-0.05, 0) is 69.5 Å². The second-order valence-electron chi connectivity index (χ2n) is 7.28. The molecule has 6 heteroatoms. The molecule has 0 atom stereocenters. The molecule has 150 valence electrons. The number of aryl methyl sites for hydroxylation is 4. The van der Waals surface area contributed by atoms with Gasteiger partial charge in [0.15, 0.2) is 5.82 Å². The van der Waals surface area contributed by atoms with Gasteiger partial charge in [-0.25, -0.2) is 9.97 Å². The molecule has 0 aliphatic heterocycles. The van der Waals surface area contributed by atoms with E-state index in [-0.39, 0.29) is 5.56 Å². The van der Waals surface area contributed by atoms with Gasteiger partial charge >= 0.3 is 0 Å². The van der Waals surface area contributed by atoms with Crippen LogP contribution in [0.1, 0.15) is 29.2 Å². The Labute approximate surface area is 175 Å². The molecule has 0 radical (unpaired) electrons. The number of nitrogens with zero attached hydrogens (tertiary/aromatic N) is 4. The summed E-state index contributed by atoms with van der Waals surface area (Å²) in [6.07, 6.45) is 2.59. The SMILES string of the molecule is Cc1cccc(-c2cccc(CCCc3cccc(-c4nc(C)cc(=O)[nH]4)n3)n2)n1. The van der Waals surface area contributed by atoms with Gasteiger partial charge in [0.25, 0.3) is 5.56 Å². The van der Waals surface area contributed by atoms with Crippen molar-refractivity contribution in [3.8, 4) is 22.9 Å². The van der Waals surface area contributed by atoms with Crippen molar-refractivity contribution in [3.63, 3.8) is 0 Å². The average Bonchev–Trinajstić information content (AvgIpc) is 2.74. The molecule has 6 nitrogen and oxygen atoms in total. The maximum atomic E-state index is 11.7. The quantitative estimate of drug-likeness (QED) is 0.530. The summed E-state index contributed by atoms with van der Waals surface area (Å²) in [5.74, 6) is 0.502. The van der Waals surface area contributed by atoms with E-state index in [9.17, 15) is 4.79 Å².